The van der Waals surface area contributed by atoms with Crippen LogP contribution in [0.3, 0.4) is 0 Å². The molecule has 0 atom stereocenters. The molecule has 1 N–H and O–H groups in total. The van der Waals surface area contributed by atoms with Crippen molar-refractivity contribution in [2.75, 3.05) is 5.32 Å². The monoisotopic (exact) mass is 427 g/mol. The van der Waals surface area contributed by atoms with Crippen LogP contribution in [0.5, 0.6) is 0 Å². The molecule has 0 saturated carbocycles. The van der Waals surface area contributed by atoms with Crippen LogP contribution in [0, 0.1) is 3.57 Å². The molecule has 0 amide bonds. The number of anilines is 1. The van der Waals surface area contributed by atoms with Crippen molar-refractivity contribution in [2.24, 2.45) is 0 Å². The van der Waals surface area contributed by atoms with E-state index >= 15 is 0 Å². The number of halogens is 3. The Bertz CT molecular complexity index is 500. The molecule has 2 aromatic rings. The van der Waals surface area contributed by atoms with E-state index < -0.39 is 0 Å². The third kappa shape index (κ3) is 3.35. The number of hydrogen-bond donors (Lipinski definition) is 1. The summed E-state index contributed by atoms with van der Waals surface area (Å²) in [6, 6.07) is 7.98. The molecule has 1 nitrogen and oxygen atoms in total. The predicted molar refractivity (Wildman–Crippen MR) is 83.5 cm³/mol. The van der Waals surface area contributed by atoms with Gasteiger partial charge in [0, 0.05) is 35.6 Å². The summed E-state index contributed by atoms with van der Waals surface area (Å²) in [5, 5.41) is 6.25. The normalized spacial score (nSPS) is 10.4. The van der Waals surface area contributed by atoms with Gasteiger partial charge in [0.15, 0.2) is 0 Å². The molecule has 0 aliphatic carbocycles. The number of thiophene rings is 1. The average Bonchev–Trinajstić information content (AvgIpc) is 2.63. The Kier molecular flexibility index (Phi) is 4.52. The summed E-state index contributed by atoms with van der Waals surface area (Å²) in [6.07, 6.45) is 0. The summed E-state index contributed by atoms with van der Waals surface area (Å²) in [6.45, 7) is 0.841. The SMILES string of the molecule is Clc1ccc(NCc2cc(Br)cs2)c(I)c1. The molecule has 0 spiro atoms. The molecule has 0 bridgehead atoms. The van der Waals surface area contributed by atoms with Gasteiger partial charge in [0.1, 0.15) is 0 Å². The van der Waals surface area contributed by atoms with Crippen LogP contribution >= 0.6 is 61.5 Å². The quantitative estimate of drug-likeness (QED) is 0.647. The molecule has 0 aliphatic heterocycles. The lowest BCUT2D eigenvalue weighted by atomic mass is 10.3. The fraction of sp³-hybridized carbons (Fsp3) is 0.0909. The first-order valence-electron chi connectivity index (χ1n) is 4.57. The standard InChI is InChI=1S/C11H8BrClINS/c12-7-3-9(16-6-7)5-15-11-2-1-8(13)4-10(11)14/h1-4,6,15H,5H2. The number of hydrogen-bond acceptors (Lipinski definition) is 2. The van der Waals surface area contributed by atoms with Crippen molar-refractivity contribution >= 4 is 67.1 Å². The van der Waals surface area contributed by atoms with Gasteiger partial charge in [-0.05, 0) is 62.8 Å². The van der Waals surface area contributed by atoms with Gasteiger partial charge >= 0.3 is 0 Å². The first-order valence-corrected chi connectivity index (χ1v) is 7.70. The molecule has 2 rings (SSSR count). The molecule has 0 saturated heterocycles. The molecule has 16 heavy (non-hydrogen) atoms. The van der Waals surface area contributed by atoms with Crippen LogP contribution in [-0.2, 0) is 6.54 Å². The van der Waals surface area contributed by atoms with Gasteiger partial charge in [-0.25, -0.2) is 0 Å². The second kappa shape index (κ2) is 5.71. The van der Waals surface area contributed by atoms with E-state index in [-0.39, 0.29) is 0 Å². The molecule has 0 unspecified atom stereocenters. The molecule has 1 aromatic heterocycles. The highest BCUT2D eigenvalue weighted by atomic mass is 127. The fourth-order valence-electron chi connectivity index (χ4n) is 1.26. The van der Waals surface area contributed by atoms with Crippen LogP contribution in [0.4, 0.5) is 5.69 Å². The molecule has 1 aromatic carbocycles. The summed E-state index contributed by atoms with van der Waals surface area (Å²) in [7, 11) is 0. The molecule has 0 fully saturated rings. The fourth-order valence-corrected chi connectivity index (χ4v) is 3.71. The Morgan fingerprint density at radius 1 is 1.38 bits per heavy atom. The van der Waals surface area contributed by atoms with E-state index in [2.05, 4.69) is 55.3 Å². The maximum atomic E-state index is 5.90. The third-order valence-electron chi connectivity index (χ3n) is 2.01. The lowest BCUT2D eigenvalue weighted by molar-refractivity contribution is 1.19. The van der Waals surface area contributed by atoms with E-state index in [9.17, 15) is 0 Å². The van der Waals surface area contributed by atoms with E-state index in [4.69, 9.17) is 11.6 Å². The Morgan fingerprint density at radius 2 is 2.19 bits per heavy atom. The van der Waals surface area contributed by atoms with Crippen LogP contribution in [0.1, 0.15) is 4.88 Å². The minimum Gasteiger partial charge on any atom is -0.379 e. The number of rotatable bonds is 3. The molecular formula is C11H8BrClINS. The average molecular weight is 429 g/mol. The Hall–Kier alpha value is 0.220. The van der Waals surface area contributed by atoms with Crippen molar-refractivity contribution in [2.45, 2.75) is 6.54 Å². The minimum atomic E-state index is 0.772. The van der Waals surface area contributed by atoms with Gasteiger partial charge < -0.3 is 5.32 Å². The van der Waals surface area contributed by atoms with Crippen molar-refractivity contribution in [3.8, 4) is 0 Å². The Labute approximate surface area is 125 Å². The lowest BCUT2D eigenvalue weighted by Crippen LogP contribution is -1.98. The molecule has 5 heteroatoms. The zero-order chi connectivity index (χ0) is 11.5. The van der Waals surface area contributed by atoms with Crippen molar-refractivity contribution in [3.05, 3.63) is 47.6 Å². The topological polar surface area (TPSA) is 12.0 Å². The molecule has 1 heterocycles. The second-order valence-corrected chi connectivity index (χ2v) is 6.72. The number of nitrogens with one attached hydrogen (secondary N) is 1. The molecule has 0 aliphatic rings. The summed E-state index contributed by atoms with van der Waals surface area (Å²) in [5.74, 6) is 0. The Morgan fingerprint density at radius 3 is 2.81 bits per heavy atom. The maximum absolute atomic E-state index is 5.90. The van der Waals surface area contributed by atoms with Gasteiger partial charge in [-0.3, -0.25) is 0 Å². The van der Waals surface area contributed by atoms with Gasteiger partial charge in [0.05, 0.1) is 0 Å². The Balaban J connectivity index is 2.04. The van der Waals surface area contributed by atoms with E-state index in [0.717, 1.165) is 25.3 Å². The van der Waals surface area contributed by atoms with E-state index in [1.165, 1.54) is 4.88 Å². The highest BCUT2D eigenvalue weighted by molar-refractivity contribution is 14.1. The highest BCUT2D eigenvalue weighted by Crippen LogP contribution is 2.24. The van der Waals surface area contributed by atoms with Crippen molar-refractivity contribution in [3.63, 3.8) is 0 Å². The van der Waals surface area contributed by atoms with Crippen molar-refractivity contribution in [1.82, 2.24) is 0 Å². The van der Waals surface area contributed by atoms with Crippen LogP contribution in [0.25, 0.3) is 0 Å². The van der Waals surface area contributed by atoms with Crippen LogP contribution in [0.2, 0.25) is 5.02 Å². The highest BCUT2D eigenvalue weighted by Gasteiger charge is 2.01. The first kappa shape index (κ1) is 12.7. The van der Waals surface area contributed by atoms with Gasteiger partial charge in [-0.15, -0.1) is 11.3 Å². The predicted octanol–water partition coefficient (Wildman–Crippen LogP) is 5.38. The van der Waals surface area contributed by atoms with Crippen LogP contribution in [0.15, 0.2) is 34.1 Å². The van der Waals surface area contributed by atoms with E-state index in [0.29, 0.717) is 0 Å². The summed E-state index contributed by atoms with van der Waals surface area (Å²) < 4.78 is 2.28. The summed E-state index contributed by atoms with van der Waals surface area (Å²) in [5.41, 5.74) is 1.12. The lowest BCUT2D eigenvalue weighted by Gasteiger charge is -2.07. The van der Waals surface area contributed by atoms with Crippen LogP contribution in [-0.4, -0.2) is 0 Å². The van der Waals surface area contributed by atoms with Gasteiger partial charge in [-0.2, -0.15) is 0 Å². The number of benzene rings is 1. The van der Waals surface area contributed by atoms with E-state index in [1.807, 2.05) is 18.2 Å². The second-order valence-electron chi connectivity index (χ2n) is 3.21. The largest absolute Gasteiger partial charge is 0.379 e. The zero-order valence-electron chi connectivity index (χ0n) is 8.14. The van der Waals surface area contributed by atoms with Crippen molar-refractivity contribution < 1.29 is 0 Å². The van der Waals surface area contributed by atoms with Crippen LogP contribution < -0.4 is 5.32 Å². The van der Waals surface area contributed by atoms with Crippen molar-refractivity contribution in [1.29, 1.82) is 0 Å². The zero-order valence-corrected chi connectivity index (χ0v) is 13.5. The molecule has 0 radical (unpaired) electrons. The van der Waals surface area contributed by atoms with E-state index in [1.54, 1.807) is 11.3 Å². The van der Waals surface area contributed by atoms with Gasteiger partial charge in [0.2, 0.25) is 0 Å². The minimum absolute atomic E-state index is 0.772. The van der Waals surface area contributed by atoms with Gasteiger partial charge in [0.25, 0.3) is 0 Å². The summed E-state index contributed by atoms with van der Waals surface area (Å²) >= 11 is 13.4. The molecular weight excluding hydrogens is 420 g/mol. The van der Waals surface area contributed by atoms with Gasteiger partial charge in [-0.1, -0.05) is 11.6 Å². The smallest absolute Gasteiger partial charge is 0.0494 e. The molecule has 84 valence electrons. The first-order chi connectivity index (χ1) is 7.65. The maximum Gasteiger partial charge on any atom is 0.0494 e. The third-order valence-corrected chi connectivity index (χ3v) is 4.83. The summed E-state index contributed by atoms with van der Waals surface area (Å²) in [4.78, 5) is 1.30.